The molecule has 0 N–H and O–H groups in total. The Morgan fingerprint density at radius 3 is 2.88 bits per heavy atom. The zero-order valence-electron chi connectivity index (χ0n) is 13.7. The number of rotatable bonds is 3. The fraction of sp³-hybridized carbons (Fsp3) is 0.316. The monoisotopic (exact) mass is 399 g/mol. The van der Waals surface area contributed by atoms with Crippen LogP contribution in [0.4, 0.5) is 5.69 Å². The van der Waals surface area contributed by atoms with Crippen molar-refractivity contribution in [2.75, 3.05) is 18.1 Å². The predicted molar refractivity (Wildman–Crippen MR) is 98.4 cm³/mol. The van der Waals surface area contributed by atoms with E-state index >= 15 is 0 Å². The Hall–Kier alpha value is -2.05. The summed E-state index contributed by atoms with van der Waals surface area (Å²) in [4.78, 5) is 32.9. The number of fused-ring (bicyclic) bond motifs is 1. The van der Waals surface area contributed by atoms with E-state index in [0.717, 1.165) is 35.8 Å². The van der Waals surface area contributed by atoms with Crippen molar-refractivity contribution in [2.24, 2.45) is 0 Å². The lowest BCUT2D eigenvalue weighted by Crippen LogP contribution is -2.44. The molecule has 2 aromatic rings. The minimum absolute atomic E-state index is 0.227. The van der Waals surface area contributed by atoms with Crippen molar-refractivity contribution < 1.29 is 9.59 Å². The lowest BCUT2D eigenvalue weighted by Gasteiger charge is -2.38. The number of carbonyl (C=O) groups is 2. The van der Waals surface area contributed by atoms with Gasteiger partial charge in [-0.1, -0.05) is 28.4 Å². The lowest BCUT2D eigenvalue weighted by molar-refractivity contribution is -0.114. The summed E-state index contributed by atoms with van der Waals surface area (Å²) >= 11 is 3.37. The predicted octanol–water partition coefficient (Wildman–Crippen LogP) is 3.56. The number of ketones is 1. The summed E-state index contributed by atoms with van der Waals surface area (Å²) in [6.45, 7) is 1.34. The Kier molecular flexibility index (Phi) is 4.39. The highest BCUT2D eigenvalue weighted by atomic mass is 79.9. The third-order valence-corrected chi connectivity index (χ3v) is 5.43. The Labute approximate surface area is 154 Å². The molecule has 128 valence electrons. The summed E-state index contributed by atoms with van der Waals surface area (Å²) in [5, 5.41) is 0. The maximum absolute atomic E-state index is 12.5. The fourth-order valence-electron chi connectivity index (χ4n) is 3.71. The maximum Gasteiger partial charge on any atom is 0.300 e. The van der Waals surface area contributed by atoms with Gasteiger partial charge in [-0.15, -0.1) is 0 Å². The summed E-state index contributed by atoms with van der Waals surface area (Å²) in [6, 6.07) is 9.68. The molecule has 0 aliphatic carbocycles. The third kappa shape index (κ3) is 3.00. The molecule has 1 saturated heterocycles. The second-order valence-corrected chi connectivity index (χ2v) is 7.39. The SMILES string of the molecule is O=C1C(=O)N(CN2CCCC[C@H]2c2cccnc2)c2ccc(Br)cc21. The van der Waals surface area contributed by atoms with Gasteiger partial charge >= 0.3 is 5.91 Å². The number of nitrogens with zero attached hydrogens (tertiary/aromatic N) is 3. The van der Waals surface area contributed by atoms with Gasteiger partial charge in [-0.2, -0.15) is 0 Å². The van der Waals surface area contributed by atoms with Crippen LogP contribution in [-0.2, 0) is 4.79 Å². The number of amides is 1. The Balaban J connectivity index is 1.63. The molecule has 1 atom stereocenters. The normalized spacial score (nSPS) is 20.8. The number of likely N-dealkylation sites (tertiary alicyclic amines) is 1. The first kappa shape index (κ1) is 16.4. The van der Waals surface area contributed by atoms with Gasteiger partial charge in [0.1, 0.15) is 0 Å². The highest BCUT2D eigenvalue weighted by molar-refractivity contribution is 9.10. The summed E-state index contributed by atoms with van der Waals surface area (Å²) in [5.41, 5.74) is 2.35. The van der Waals surface area contributed by atoms with Crippen molar-refractivity contribution in [1.82, 2.24) is 9.88 Å². The van der Waals surface area contributed by atoms with E-state index in [0.29, 0.717) is 17.9 Å². The second-order valence-electron chi connectivity index (χ2n) is 6.48. The highest BCUT2D eigenvalue weighted by Crippen LogP contribution is 2.35. The largest absolute Gasteiger partial charge is 0.300 e. The second kappa shape index (κ2) is 6.69. The number of Topliss-reactive ketones (excluding diaryl/α,β-unsaturated/α-hetero) is 1. The van der Waals surface area contributed by atoms with Gasteiger partial charge in [0.05, 0.1) is 17.9 Å². The van der Waals surface area contributed by atoms with Crippen LogP contribution in [0, 0.1) is 0 Å². The minimum Gasteiger partial charge on any atom is -0.291 e. The first-order valence-electron chi connectivity index (χ1n) is 8.45. The third-order valence-electron chi connectivity index (χ3n) is 4.94. The van der Waals surface area contributed by atoms with Crippen LogP contribution < -0.4 is 4.90 Å². The van der Waals surface area contributed by atoms with Crippen LogP contribution in [0.3, 0.4) is 0 Å². The van der Waals surface area contributed by atoms with Crippen molar-refractivity contribution in [3.8, 4) is 0 Å². The quantitative estimate of drug-likeness (QED) is 0.740. The van der Waals surface area contributed by atoms with Crippen LogP contribution in [0.2, 0.25) is 0 Å². The summed E-state index contributed by atoms with van der Waals surface area (Å²) in [5.74, 6) is -0.866. The molecule has 25 heavy (non-hydrogen) atoms. The molecule has 1 aromatic carbocycles. The van der Waals surface area contributed by atoms with Crippen LogP contribution in [-0.4, -0.2) is 34.8 Å². The van der Waals surface area contributed by atoms with E-state index in [2.05, 4.69) is 31.9 Å². The van der Waals surface area contributed by atoms with Crippen molar-refractivity contribution >= 4 is 33.3 Å². The average molecular weight is 400 g/mol. The van der Waals surface area contributed by atoms with E-state index in [1.807, 2.05) is 24.4 Å². The van der Waals surface area contributed by atoms with Gasteiger partial charge in [0.25, 0.3) is 5.78 Å². The van der Waals surface area contributed by atoms with Crippen LogP contribution in [0.25, 0.3) is 0 Å². The number of aromatic nitrogens is 1. The molecule has 0 radical (unpaired) electrons. The molecule has 0 saturated carbocycles. The van der Waals surface area contributed by atoms with Crippen LogP contribution >= 0.6 is 15.9 Å². The average Bonchev–Trinajstić information content (AvgIpc) is 2.87. The molecular formula is C19H18BrN3O2. The van der Waals surface area contributed by atoms with Crippen molar-refractivity contribution in [3.63, 3.8) is 0 Å². The van der Waals surface area contributed by atoms with E-state index in [1.165, 1.54) is 0 Å². The van der Waals surface area contributed by atoms with Gasteiger partial charge in [0, 0.05) is 29.5 Å². The van der Waals surface area contributed by atoms with Crippen LogP contribution in [0.5, 0.6) is 0 Å². The van der Waals surface area contributed by atoms with Gasteiger partial charge in [0.2, 0.25) is 0 Å². The molecule has 1 aromatic heterocycles. The molecule has 0 bridgehead atoms. The molecule has 1 amide bonds. The number of hydrogen-bond donors (Lipinski definition) is 0. The minimum atomic E-state index is -0.441. The molecule has 2 aliphatic rings. The number of benzene rings is 1. The molecule has 6 heteroatoms. The molecule has 5 nitrogen and oxygen atoms in total. The molecule has 4 rings (SSSR count). The van der Waals surface area contributed by atoms with Crippen molar-refractivity contribution in [2.45, 2.75) is 25.3 Å². The van der Waals surface area contributed by atoms with Gasteiger partial charge in [-0.25, -0.2) is 0 Å². The Morgan fingerprint density at radius 1 is 1.20 bits per heavy atom. The van der Waals surface area contributed by atoms with Crippen molar-refractivity contribution in [1.29, 1.82) is 0 Å². The molecule has 1 fully saturated rings. The standard InChI is InChI=1S/C19H18BrN3O2/c20-14-6-7-17-15(10-14)18(24)19(25)23(17)12-22-9-2-1-5-16(22)13-4-3-8-21-11-13/h3-4,6-8,10-11,16H,1-2,5,9,12H2/t16-/m0/s1. The molecule has 3 heterocycles. The number of hydrogen-bond acceptors (Lipinski definition) is 4. The number of halogens is 1. The Morgan fingerprint density at radius 2 is 2.08 bits per heavy atom. The summed E-state index contributed by atoms with van der Waals surface area (Å²) in [7, 11) is 0. The molecular weight excluding hydrogens is 382 g/mol. The lowest BCUT2D eigenvalue weighted by atomic mass is 9.97. The first-order valence-corrected chi connectivity index (χ1v) is 9.24. The summed E-state index contributed by atoms with van der Waals surface area (Å²) in [6.07, 6.45) is 6.96. The van der Waals surface area contributed by atoms with E-state index in [9.17, 15) is 9.59 Å². The van der Waals surface area contributed by atoms with Gasteiger partial charge in [-0.05, 0) is 42.7 Å². The highest BCUT2D eigenvalue weighted by Gasteiger charge is 2.38. The zero-order chi connectivity index (χ0) is 17.4. The number of carbonyl (C=O) groups excluding carboxylic acids is 2. The van der Waals surface area contributed by atoms with Gasteiger partial charge in [0.15, 0.2) is 0 Å². The van der Waals surface area contributed by atoms with E-state index in [-0.39, 0.29) is 6.04 Å². The zero-order valence-corrected chi connectivity index (χ0v) is 15.3. The maximum atomic E-state index is 12.5. The molecule has 0 spiro atoms. The number of piperidine rings is 1. The topological polar surface area (TPSA) is 53.5 Å². The smallest absolute Gasteiger partial charge is 0.291 e. The van der Waals surface area contributed by atoms with E-state index < -0.39 is 11.7 Å². The van der Waals surface area contributed by atoms with E-state index in [1.54, 1.807) is 17.2 Å². The summed E-state index contributed by atoms with van der Waals surface area (Å²) < 4.78 is 0.806. The van der Waals surface area contributed by atoms with Crippen molar-refractivity contribution in [3.05, 3.63) is 58.3 Å². The van der Waals surface area contributed by atoms with Gasteiger partial charge in [-0.3, -0.25) is 24.4 Å². The molecule has 0 unspecified atom stereocenters. The fourth-order valence-corrected chi connectivity index (χ4v) is 4.07. The molecule has 2 aliphatic heterocycles. The first-order chi connectivity index (χ1) is 12.1. The Bertz CT molecular complexity index is 825. The van der Waals surface area contributed by atoms with Gasteiger partial charge < -0.3 is 0 Å². The van der Waals surface area contributed by atoms with E-state index in [4.69, 9.17) is 0 Å². The van der Waals surface area contributed by atoms with Crippen LogP contribution in [0.1, 0.15) is 41.2 Å². The van der Waals surface area contributed by atoms with Crippen LogP contribution in [0.15, 0.2) is 47.2 Å². The number of anilines is 1. The number of pyridine rings is 1.